The summed E-state index contributed by atoms with van der Waals surface area (Å²) in [5.41, 5.74) is 2.14. The lowest BCUT2D eigenvalue weighted by Crippen LogP contribution is -2.57. The molecule has 1 fully saturated rings. The number of pyridine rings is 1. The minimum atomic E-state index is -3.04. The number of halogens is 1. The monoisotopic (exact) mass is 374 g/mol. The number of benzene rings is 1. The Balaban J connectivity index is 1.60. The van der Waals surface area contributed by atoms with E-state index in [2.05, 4.69) is 15.2 Å². The minimum absolute atomic E-state index is 0.00107. The zero-order valence-electron chi connectivity index (χ0n) is 14.5. The molecule has 1 aromatic carbocycles. The van der Waals surface area contributed by atoms with E-state index in [1.807, 2.05) is 31.2 Å². The third-order valence-electron chi connectivity index (χ3n) is 4.96. The molecular formula is C18H19FN4O2S. The lowest BCUT2D eigenvalue weighted by molar-refractivity contribution is 0.333. The fourth-order valence-corrected chi connectivity index (χ4v) is 4.66. The summed E-state index contributed by atoms with van der Waals surface area (Å²) in [7, 11) is -3.04. The highest BCUT2D eigenvalue weighted by Gasteiger charge is 2.39. The highest BCUT2D eigenvalue weighted by atomic mass is 32.2. The van der Waals surface area contributed by atoms with E-state index in [1.165, 1.54) is 12.3 Å². The lowest BCUT2D eigenvalue weighted by Gasteiger charge is -2.47. The van der Waals surface area contributed by atoms with Gasteiger partial charge in [0.15, 0.2) is 11.6 Å². The van der Waals surface area contributed by atoms with Crippen molar-refractivity contribution in [2.24, 2.45) is 5.92 Å². The molecule has 0 aliphatic carbocycles. The van der Waals surface area contributed by atoms with E-state index in [0.717, 1.165) is 10.9 Å². The summed E-state index contributed by atoms with van der Waals surface area (Å²) >= 11 is 0. The van der Waals surface area contributed by atoms with Crippen molar-refractivity contribution in [2.45, 2.75) is 13.0 Å². The quantitative estimate of drug-likeness (QED) is 0.759. The van der Waals surface area contributed by atoms with Gasteiger partial charge in [-0.3, -0.25) is 5.10 Å². The molecule has 3 heterocycles. The van der Waals surface area contributed by atoms with E-state index in [9.17, 15) is 12.8 Å². The molecule has 1 aliphatic heterocycles. The Morgan fingerprint density at radius 1 is 1.35 bits per heavy atom. The molecule has 1 N–H and O–H groups in total. The van der Waals surface area contributed by atoms with Crippen LogP contribution < -0.4 is 4.90 Å². The third kappa shape index (κ3) is 2.94. The molecule has 8 heteroatoms. The first-order valence-corrected chi connectivity index (χ1v) is 10.4. The highest BCUT2D eigenvalue weighted by molar-refractivity contribution is 7.90. The number of nitrogens with zero attached hydrogens (tertiary/aromatic N) is 3. The van der Waals surface area contributed by atoms with Crippen LogP contribution in [0.15, 0.2) is 36.5 Å². The second kappa shape index (κ2) is 6.05. The van der Waals surface area contributed by atoms with Gasteiger partial charge in [-0.1, -0.05) is 18.2 Å². The van der Waals surface area contributed by atoms with E-state index < -0.39 is 15.7 Å². The number of hydrogen-bond donors (Lipinski definition) is 1. The standard InChI is InChI=1S/C18H19FN4O2S/c1-11-13(10-26(2,24)25)9-23(11)18-15(19)7-12(8-20-18)17-14-5-3-4-6-16(14)21-22-17/h3-8,11,13H,9-10H2,1-2H3,(H,21,22)/t11-,13-/m1/s1. The molecule has 1 aliphatic rings. The summed E-state index contributed by atoms with van der Waals surface area (Å²) in [6.07, 6.45) is 2.84. The Bertz CT molecular complexity index is 1080. The van der Waals surface area contributed by atoms with E-state index in [4.69, 9.17) is 0 Å². The van der Waals surface area contributed by atoms with Crippen molar-refractivity contribution in [3.05, 3.63) is 42.3 Å². The molecule has 0 spiro atoms. The predicted octanol–water partition coefficient (Wildman–Crippen LogP) is 2.63. The number of rotatable bonds is 4. The Kier molecular flexibility index (Phi) is 3.95. The van der Waals surface area contributed by atoms with Gasteiger partial charge in [-0.05, 0) is 19.1 Å². The lowest BCUT2D eigenvalue weighted by atomic mass is 9.91. The van der Waals surface area contributed by atoms with Crippen molar-refractivity contribution in [1.82, 2.24) is 15.2 Å². The van der Waals surface area contributed by atoms with Crippen LogP contribution in [0.1, 0.15) is 6.92 Å². The SMILES string of the molecule is C[C@@H]1[C@@H](CS(C)(=O)=O)CN1c1ncc(-c2n[nH]c3ccccc23)cc1F. The fourth-order valence-electron chi connectivity index (χ4n) is 3.50. The zero-order valence-corrected chi connectivity index (χ0v) is 15.3. The summed E-state index contributed by atoms with van der Waals surface area (Å²) in [5.74, 6) is -0.0601. The van der Waals surface area contributed by atoms with Crippen molar-refractivity contribution in [3.8, 4) is 11.3 Å². The Labute approximate surface area is 151 Å². The van der Waals surface area contributed by atoms with Crippen LogP contribution in [-0.4, -0.2) is 48.2 Å². The van der Waals surface area contributed by atoms with Crippen molar-refractivity contribution in [2.75, 3.05) is 23.5 Å². The Morgan fingerprint density at radius 2 is 2.12 bits per heavy atom. The number of aromatic amines is 1. The maximum atomic E-state index is 14.7. The van der Waals surface area contributed by atoms with Crippen LogP contribution in [0.5, 0.6) is 0 Å². The molecule has 136 valence electrons. The third-order valence-corrected chi connectivity index (χ3v) is 5.99. The number of nitrogens with one attached hydrogen (secondary N) is 1. The van der Waals surface area contributed by atoms with Gasteiger partial charge < -0.3 is 4.90 Å². The summed E-state index contributed by atoms with van der Waals surface area (Å²) in [6.45, 7) is 2.39. The molecule has 2 aromatic heterocycles. The molecule has 0 saturated carbocycles. The summed E-state index contributed by atoms with van der Waals surface area (Å²) < 4.78 is 37.6. The van der Waals surface area contributed by atoms with Gasteiger partial charge in [0.25, 0.3) is 0 Å². The normalized spacial score (nSPS) is 20.3. The number of fused-ring (bicyclic) bond motifs is 1. The van der Waals surface area contributed by atoms with Crippen LogP contribution in [0.4, 0.5) is 10.2 Å². The van der Waals surface area contributed by atoms with Gasteiger partial charge in [0.05, 0.1) is 11.3 Å². The maximum Gasteiger partial charge on any atom is 0.166 e. The number of hydrogen-bond acceptors (Lipinski definition) is 5. The molecule has 2 atom stereocenters. The number of anilines is 1. The van der Waals surface area contributed by atoms with E-state index in [-0.39, 0.29) is 23.5 Å². The van der Waals surface area contributed by atoms with Crippen LogP contribution in [0.25, 0.3) is 22.2 Å². The molecule has 6 nitrogen and oxygen atoms in total. The van der Waals surface area contributed by atoms with E-state index in [1.54, 1.807) is 11.1 Å². The first kappa shape index (κ1) is 17.0. The second-order valence-electron chi connectivity index (χ2n) is 6.89. The average Bonchev–Trinajstić information content (AvgIpc) is 3.02. The molecular weight excluding hydrogens is 355 g/mol. The molecule has 0 radical (unpaired) electrons. The molecule has 4 rings (SSSR count). The van der Waals surface area contributed by atoms with Crippen LogP contribution in [0.2, 0.25) is 0 Å². The highest BCUT2D eigenvalue weighted by Crippen LogP contribution is 2.34. The van der Waals surface area contributed by atoms with Gasteiger partial charge in [-0.2, -0.15) is 5.10 Å². The fraction of sp³-hybridized carbons (Fsp3) is 0.333. The number of H-pyrrole nitrogens is 1. The molecule has 0 unspecified atom stereocenters. The molecule has 3 aromatic rings. The summed E-state index contributed by atoms with van der Waals surface area (Å²) in [6, 6.07) is 9.01. The van der Waals surface area contributed by atoms with Gasteiger partial charge in [0.1, 0.15) is 15.5 Å². The van der Waals surface area contributed by atoms with Crippen molar-refractivity contribution in [3.63, 3.8) is 0 Å². The summed E-state index contributed by atoms with van der Waals surface area (Å²) in [5, 5.41) is 8.11. The van der Waals surface area contributed by atoms with Gasteiger partial charge in [0.2, 0.25) is 0 Å². The first-order valence-electron chi connectivity index (χ1n) is 8.37. The number of para-hydroxylation sites is 1. The number of aromatic nitrogens is 3. The zero-order chi connectivity index (χ0) is 18.5. The Hall–Kier alpha value is -2.48. The Morgan fingerprint density at radius 3 is 2.81 bits per heavy atom. The molecule has 1 saturated heterocycles. The molecule has 0 amide bonds. The topological polar surface area (TPSA) is 79.0 Å². The van der Waals surface area contributed by atoms with E-state index >= 15 is 0 Å². The van der Waals surface area contributed by atoms with Crippen molar-refractivity contribution >= 4 is 26.6 Å². The van der Waals surface area contributed by atoms with Crippen molar-refractivity contribution in [1.29, 1.82) is 0 Å². The maximum absolute atomic E-state index is 14.7. The van der Waals surface area contributed by atoms with E-state index in [0.29, 0.717) is 17.8 Å². The van der Waals surface area contributed by atoms with Crippen LogP contribution in [-0.2, 0) is 9.84 Å². The number of sulfone groups is 1. The van der Waals surface area contributed by atoms with Gasteiger partial charge >= 0.3 is 0 Å². The van der Waals surface area contributed by atoms with Gasteiger partial charge in [-0.15, -0.1) is 0 Å². The van der Waals surface area contributed by atoms with Crippen LogP contribution >= 0.6 is 0 Å². The first-order chi connectivity index (χ1) is 12.3. The van der Waals surface area contributed by atoms with Crippen LogP contribution in [0, 0.1) is 11.7 Å². The second-order valence-corrected chi connectivity index (χ2v) is 9.08. The molecule has 26 heavy (non-hydrogen) atoms. The summed E-state index contributed by atoms with van der Waals surface area (Å²) in [4.78, 5) is 6.10. The predicted molar refractivity (Wildman–Crippen MR) is 99.3 cm³/mol. The molecule has 0 bridgehead atoms. The smallest absolute Gasteiger partial charge is 0.166 e. The average molecular weight is 374 g/mol. The van der Waals surface area contributed by atoms with Gasteiger partial charge in [0, 0.05) is 41.9 Å². The van der Waals surface area contributed by atoms with Crippen molar-refractivity contribution < 1.29 is 12.8 Å². The largest absolute Gasteiger partial charge is 0.351 e. The minimum Gasteiger partial charge on any atom is -0.351 e. The van der Waals surface area contributed by atoms with Crippen LogP contribution in [0.3, 0.4) is 0 Å². The van der Waals surface area contributed by atoms with Gasteiger partial charge in [-0.25, -0.2) is 17.8 Å².